The monoisotopic (exact) mass is 297 g/mol. The summed E-state index contributed by atoms with van der Waals surface area (Å²) in [4.78, 5) is 1.27. The van der Waals surface area contributed by atoms with Gasteiger partial charge in [0.2, 0.25) is 0 Å². The molecule has 94 valence electrons. The zero-order valence-electron chi connectivity index (χ0n) is 9.70. The Kier molecular flexibility index (Phi) is 5.24. The first-order valence-corrected chi connectivity index (χ1v) is 7.36. The predicted octanol–water partition coefficient (Wildman–Crippen LogP) is 5.20. The Bertz CT molecular complexity index is 502. The van der Waals surface area contributed by atoms with Gasteiger partial charge in [-0.05, 0) is 30.3 Å². The van der Waals surface area contributed by atoms with Crippen molar-refractivity contribution >= 4 is 40.7 Å². The highest BCUT2D eigenvalue weighted by molar-refractivity contribution is 7.99. The molecule has 0 unspecified atom stereocenters. The van der Waals surface area contributed by atoms with Gasteiger partial charge in [0.05, 0.1) is 10.7 Å². The lowest BCUT2D eigenvalue weighted by Gasteiger charge is -2.08. The van der Waals surface area contributed by atoms with E-state index in [-0.39, 0.29) is 0 Å². The molecular weight excluding hydrogens is 285 g/mol. The van der Waals surface area contributed by atoms with Crippen molar-refractivity contribution in [2.24, 2.45) is 0 Å². The summed E-state index contributed by atoms with van der Waals surface area (Å²) in [5.74, 6) is 0.979. The van der Waals surface area contributed by atoms with Gasteiger partial charge in [0, 0.05) is 22.2 Å². The topological polar surface area (TPSA) is 12.0 Å². The van der Waals surface area contributed by atoms with E-state index in [4.69, 9.17) is 23.2 Å². The van der Waals surface area contributed by atoms with Crippen molar-refractivity contribution in [1.29, 1.82) is 0 Å². The van der Waals surface area contributed by atoms with Gasteiger partial charge in [-0.25, -0.2) is 0 Å². The molecule has 1 N–H and O–H groups in total. The third-order valence-electron chi connectivity index (χ3n) is 2.36. The van der Waals surface area contributed by atoms with E-state index in [0.717, 1.165) is 18.0 Å². The third kappa shape index (κ3) is 4.13. The number of hydrogen-bond donors (Lipinski definition) is 1. The first kappa shape index (κ1) is 13.6. The summed E-state index contributed by atoms with van der Waals surface area (Å²) in [5.41, 5.74) is 0.887. The quantitative estimate of drug-likeness (QED) is 0.601. The molecule has 0 aliphatic heterocycles. The van der Waals surface area contributed by atoms with E-state index < -0.39 is 0 Å². The van der Waals surface area contributed by atoms with Gasteiger partial charge in [0.15, 0.2) is 0 Å². The fourth-order valence-electron chi connectivity index (χ4n) is 1.50. The lowest BCUT2D eigenvalue weighted by Crippen LogP contribution is -2.04. The lowest BCUT2D eigenvalue weighted by atomic mass is 10.3. The summed E-state index contributed by atoms with van der Waals surface area (Å²) in [5, 5.41) is 4.68. The first-order chi connectivity index (χ1) is 8.75. The van der Waals surface area contributed by atoms with Crippen molar-refractivity contribution in [2.45, 2.75) is 4.90 Å². The fourth-order valence-corrected chi connectivity index (χ4v) is 2.65. The number of hydrogen-bond acceptors (Lipinski definition) is 2. The fraction of sp³-hybridized carbons (Fsp3) is 0.143. The van der Waals surface area contributed by atoms with Gasteiger partial charge >= 0.3 is 0 Å². The van der Waals surface area contributed by atoms with Crippen molar-refractivity contribution < 1.29 is 0 Å². The van der Waals surface area contributed by atoms with Gasteiger partial charge < -0.3 is 5.32 Å². The molecule has 0 bridgehead atoms. The van der Waals surface area contributed by atoms with Gasteiger partial charge in [-0.3, -0.25) is 0 Å². The van der Waals surface area contributed by atoms with Crippen LogP contribution in [-0.4, -0.2) is 12.3 Å². The Morgan fingerprint density at radius 2 is 1.78 bits per heavy atom. The van der Waals surface area contributed by atoms with E-state index in [1.807, 2.05) is 36.0 Å². The zero-order chi connectivity index (χ0) is 12.8. The van der Waals surface area contributed by atoms with Crippen LogP contribution in [0.15, 0.2) is 53.4 Å². The summed E-state index contributed by atoms with van der Waals surface area (Å²) in [6.45, 7) is 0.847. The van der Waals surface area contributed by atoms with Crippen LogP contribution in [0, 0.1) is 0 Å². The Labute approximate surface area is 121 Å². The Morgan fingerprint density at radius 1 is 1.00 bits per heavy atom. The van der Waals surface area contributed by atoms with Gasteiger partial charge in [-0.15, -0.1) is 11.8 Å². The minimum atomic E-state index is 0.692. The number of thioether (sulfide) groups is 1. The van der Waals surface area contributed by atoms with E-state index >= 15 is 0 Å². The van der Waals surface area contributed by atoms with E-state index in [0.29, 0.717) is 10.0 Å². The molecule has 0 saturated heterocycles. The standard InChI is InChI=1S/C14H13Cl2NS/c15-11-6-7-13(16)14(10-11)17-8-9-18-12-4-2-1-3-5-12/h1-7,10,17H,8-9H2. The van der Waals surface area contributed by atoms with Crippen LogP contribution >= 0.6 is 35.0 Å². The van der Waals surface area contributed by atoms with Crippen LogP contribution in [0.5, 0.6) is 0 Å². The van der Waals surface area contributed by atoms with Crippen LogP contribution in [-0.2, 0) is 0 Å². The van der Waals surface area contributed by atoms with Crippen LogP contribution < -0.4 is 5.32 Å². The third-order valence-corrected chi connectivity index (χ3v) is 3.94. The minimum Gasteiger partial charge on any atom is -0.383 e. The Morgan fingerprint density at radius 3 is 2.56 bits per heavy atom. The average Bonchev–Trinajstić information content (AvgIpc) is 2.40. The van der Waals surface area contributed by atoms with E-state index in [9.17, 15) is 0 Å². The smallest absolute Gasteiger partial charge is 0.0638 e. The molecule has 0 atom stereocenters. The minimum absolute atomic E-state index is 0.692. The highest BCUT2D eigenvalue weighted by atomic mass is 35.5. The van der Waals surface area contributed by atoms with E-state index in [1.165, 1.54) is 4.90 Å². The molecule has 2 rings (SSSR count). The first-order valence-electron chi connectivity index (χ1n) is 5.62. The van der Waals surface area contributed by atoms with Crippen LogP contribution in [0.2, 0.25) is 10.0 Å². The lowest BCUT2D eigenvalue weighted by molar-refractivity contribution is 1.22. The second-order valence-electron chi connectivity index (χ2n) is 3.71. The van der Waals surface area contributed by atoms with E-state index in [2.05, 4.69) is 17.4 Å². The van der Waals surface area contributed by atoms with Gasteiger partial charge in [-0.2, -0.15) is 0 Å². The summed E-state index contributed by atoms with van der Waals surface area (Å²) >= 11 is 13.8. The molecule has 0 radical (unpaired) electrons. The van der Waals surface area contributed by atoms with Crippen LogP contribution in [0.3, 0.4) is 0 Å². The van der Waals surface area contributed by atoms with Crippen LogP contribution in [0.25, 0.3) is 0 Å². The second-order valence-corrected chi connectivity index (χ2v) is 5.72. The van der Waals surface area contributed by atoms with Crippen LogP contribution in [0.4, 0.5) is 5.69 Å². The maximum absolute atomic E-state index is 6.06. The largest absolute Gasteiger partial charge is 0.383 e. The summed E-state index contributed by atoms with van der Waals surface area (Å²) < 4.78 is 0. The maximum Gasteiger partial charge on any atom is 0.0638 e. The Balaban J connectivity index is 1.80. The number of anilines is 1. The number of rotatable bonds is 5. The molecule has 4 heteroatoms. The molecule has 2 aromatic rings. The normalized spacial score (nSPS) is 10.3. The molecule has 0 amide bonds. The van der Waals surface area contributed by atoms with Gasteiger partial charge in [0.1, 0.15) is 0 Å². The molecule has 0 saturated carbocycles. The summed E-state index contributed by atoms with van der Waals surface area (Å²) in [6, 6.07) is 15.8. The number of halogens is 2. The van der Waals surface area contributed by atoms with Crippen LogP contribution in [0.1, 0.15) is 0 Å². The van der Waals surface area contributed by atoms with Gasteiger partial charge in [-0.1, -0.05) is 41.4 Å². The van der Waals surface area contributed by atoms with E-state index in [1.54, 1.807) is 12.1 Å². The molecule has 0 spiro atoms. The van der Waals surface area contributed by atoms with Gasteiger partial charge in [0.25, 0.3) is 0 Å². The molecule has 0 aliphatic rings. The molecular formula is C14H13Cl2NS. The average molecular weight is 298 g/mol. The molecule has 2 aromatic carbocycles. The predicted molar refractivity (Wildman–Crippen MR) is 82.1 cm³/mol. The summed E-state index contributed by atoms with van der Waals surface area (Å²) in [7, 11) is 0. The molecule has 0 aromatic heterocycles. The second kappa shape index (κ2) is 6.93. The van der Waals surface area contributed by atoms with Crippen molar-refractivity contribution in [3.8, 4) is 0 Å². The molecule has 0 fully saturated rings. The highest BCUT2D eigenvalue weighted by Gasteiger charge is 2.00. The number of nitrogens with one attached hydrogen (secondary N) is 1. The van der Waals surface area contributed by atoms with Crippen molar-refractivity contribution in [3.05, 3.63) is 58.6 Å². The number of benzene rings is 2. The molecule has 1 nitrogen and oxygen atoms in total. The maximum atomic E-state index is 6.06. The molecule has 0 aliphatic carbocycles. The van der Waals surface area contributed by atoms with Crippen molar-refractivity contribution in [2.75, 3.05) is 17.6 Å². The SMILES string of the molecule is Clc1ccc(Cl)c(NCCSc2ccccc2)c1. The summed E-state index contributed by atoms with van der Waals surface area (Å²) in [6.07, 6.45) is 0. The molecule has 18 heavy (non-hydrogen) atoms. The Hall–Kier alpha value is -0.830. The zero-order valence-corrected chi connectivity index (χ0v) is 12.0. The van der Waals surface area contributed by atoms with Crippen molar-refractivity contribution in [3.63, 3.8) is 0 Å². The van der Waals surface area contributed by atoms with Crippen molar-refractivity contribution in [1.82, 2.24) is 0 Å². The highest BCUT2D eigenvalue weighted by Crippen LogP contribution is 2.25. The molecule has 0 heterocycles.